The average molecular weight is 298 g/mol. The number of rotatable bonds is 4. The highest BCUT2D eigenvalue weighted by Gasteiger charge is 2.34. The van der Waals surface area contributed by atoms with E-state index in [0.717, 1.165) is 32.2 Å². The Morgan fingerprint density at radius 1 is 1.19 bits per heavy atom. The van der Waals surface area contributed by atoms with E-state index in [9.17, 15) is 9.59 Å². The number of carboxylic acids is 1. The van der Waals surface area contributed by atoms with Gasteiger partial charge in [-0.05, 0) is 32.1 Å². The molecular formula is C15H26N2O4. The van der Waals surface area contributed by atoms with E-state index < -0.39 is 5.97 Å². The Bertz CT molecular complexity index is 375. The molecule has 0 saturated carbocycles. The van der Waals surface area contributed by atoms with Crippen molar-refractivity contribution in [2.75, 3.05) is 26.3 Å². The van der Waals surface area contributed by atoms with Gasteiger partial charge in [-0.1, -0.05) is 6.92 Å². The maximum absolute atomic E-state index is 12.8. The molecule has 6 nitrogen and oxygen atoms in total. The Labute approximate surface area is 126 Å². The van der Waals surface area contributed by atoms with Crippen LogP contribution in [0.25, 0.3) is 0 Å². The monoisotopic (exact) mass is 298 g/mol. The zero-order valence-electron chi connectivity index (χ0n) is 12.8. The Kier molecular flexibility index (Phi) is 5.85. The Morgan fingerprint density at radius 3 is 2.67 bits per heavy atom. The molecule has 2 atom stereocenters. The van der Waals surface area contributed by atoms with Crippen molar-refractivity contribution < 1.29 is 19.4 Å². The van der Waals surface area contributed by atoms with Crippen LogP contribution < -0.4 is 0 Å². The number of piperidine rings is 1. The molecule has 2 heterocycles. The summed E-state index contributed by atoms with van der Waals surface area (Å²) < 4.78 is 5.46. The number of carbonyl (C=O) groups excluding carboxylic acids is 1. The SMILES string of the molecule is CCC1COCCN1C(=O)N1CCCCC1CCC(=O)O. The normalized spacial score (nSPS) is 26.7. The lowest BCUT2D eigenvalue weighted by atomic mass is 9.98. The Balaban J connectivity index is 2.01. The van der Waals surface area contributed by atoms with Gasteiger partial charge >= 0.3 is 12.0 Å². The fraction of sp³-hybridized carbons (Fsp3) is 0.867. The largest absolute Gasteiger partial charge is 0.481 e. The van der Waals surface area contributed by atoms with Gasteiger partial charge in [0.25, 0.3) is 0 Å². The molecule has 0 aliphatic carbocycles. The number of amides is 2. The lowest BCUT2D eigenvalue weighted by Gasteiger charge is -2.43. The second-order valence-corrected chi connectivity index (χ2v) is 5.89. The van der Waals surface area contributed by atoms with E-state index in [1.807, 2.05) is 9.80 Å². The first-order valence-electron chi connectivity index (χ1n) is 8.00. The van der Waals surface area contributed by atoms with Crippen LogP contribution in [-0.2, 0) is 9.53 Å². The lowest BCUT2D eigenvalue weighted by molar-refractivity contribution is -0.137. The van der Waals surface area contributed by atoms with E-state index in [4.69, 9.17) is 9.84 Å². The summed E-state index contributed by atoms with van der Waals surface area (Å²) in [5.74, 6) is -0.786. The highest BCUT2D eigenvalue weighted by Crippen LogP contribution is 2.24. The van der Waals surface area contributed by atoms with Crippen LogP contribution in [0.3, 0.4) is 0 Å². The highest BCUT2D eigenvalue weighted by molar-refractivity contribution is 5.75. The zero-order chi connectivity index (χ0) is 15.2. The Morgan fingerprint density at radius 2 is 1.95 bits per heavy atom. The number of ether oxygens (including phenoxy) is 1. The topological polar surface area (TPSA) is 70.1 Å². The molecule has 0 radical (unpaired) electrons. The third kappa shape index (κ3) is 4.09. The van der Waals surface area contributed by atoms with Gasteiger partial charge in [0.2, 0.25) is 0 Å². The summed E-state index contributed by atoms with van der Waals surface area (Å²) in [6, 6.07) is 0.288. The molecular weight excluding hydrogens is 272 g/mol. The second kappa shape index (κ2) is 7.64. The van der Waals surface area contributed by atoms with Crippen molar-refractivity contribution in [1.82, 2.24) is 9.80 Å². The fourth-order valence-corrected chi connectivity index (χ4v) is 3.25. The molecule has 2 unspecified atom stereocenters. The van der Waals surface area contributed by atoms with E-state index in [1.54, 1.807) is 0 Å². The van der Waals surface area contributed by atoms with Crippen LogP contribution in [0.15, 0.2) is 0 Å². The summed E-state index contributed by atoms with van der Waals surface area (Å²) >= 11 is 0. The summed E-state index contributed by atoms with van der Waals surface area (Å²) in [5, 5.41) is 8.87. The molecule has 0 aromatic rings. The standard InChI is InChI=1S/C15H26N2O4/c1-2-12-11-21-10-9-17(12)15(20)16-8-4-3-5-13(16)6-7-14(18)19/h12-13H,2-11H2,1H3,(H,18,19). The van der Waals surface area contributed by atoms with Gasteiger partial charge in [0.15, 0.2) is 0 Å². The number of carbonyl (C=O) groups is 2. The molecule has 1 N–H and O–H groups in total. The van der Waals surface area contributed by atoms with E-state index in [-0.39, 0.29) is 24.5 Å². The molecule has 2 aliphatic rings. The van der Waals surface area contributed by atoms with Crippen molar-refractivity contribution in [2.45, 2.75) is 57.5 Å². The number of likely N-dealkylation sites (tertiary alicyclic amines) is 1. The number of carboxylic acid groups (broad SMARTS) is 1. The van der Waals surface area contributed by atoms with Crippen molar-refractivity contribution in [3.8, 4) is 0 Å². The first-order valence-corrected chi connectivity index (χ1v) is 8.00. The summed E-state index contributed by atoms with van der Waals surface area (Å²) in [6.07, 6.45) is 4.58. The van der Waals surface area contributed by atoms with Crippen molar-refractivity contribution in [3.05, 3.63) is 0 Å². The van der Waals surface area contributed by atoms with Crippen LogP contribution in [0.4, 0.5) is 4.79 Å². The van der Waals surface area contributed by atoms with Crippen molar-refractivity contribution in [3.63, 3.8) is 0 Å². The molecule has 120 valence electrons. The van der Waals surface area contributed by atoms with Gasteiger partial charge < -0.3 is 19.6 Å². The van der Waals surface area contributed by atoms with Gasteiger partial charge in [0, 0.05) is 25.6 Å². The first-order chi connectivity index (χ1) is 10.1. The molecule has 6 heteroatoms. The predicted molar refractivity (Wildman–Crippen MR) is 78.2 cm³/mol. The van der Waals surface area contributed by atoms with Crippen LogP contribution in [0.1, 0.15) is 45.4 Å². The molecule has 2 aliphatic heterocycles. The predicted octanol–water partition coefficient (Wildman–Crippen LogP) is 1.94. The van der Waals surface area contributed by atoms with Crippen molar-refractivity contribution in [2.24, 2.45) is 0 Å². The maximum atomic E-state index is 12.8. The molecule has 2 fully saturated rings. The molecule has 2 saturated heterocycles. The second-order valence-electron chi connectivity index (χ2n) is 5.89. The van der Waals surface area contributed by atoms with Gasteiger partial charge in [-0.3, -0.25) is 4.79 Å². The molecule has 0 aromatic carbocycles. The van der Waals surface area contributed by atoms with Crippen molar-refractivity contribution >= 4 is 12.0 Å². The minimum absolute atomic E-state index is 0.0697. The van der Waals surface area contributed by atoms with Crippen LogP contribution in [-0.4, -0.2) is 65.3 Å². The third-order valence-corrected chi connectivity index (χ3v) is 4.51. The van der Waals surface area contributed by atoms with E-state index >= 15 is 0 Å². The van der Waals surface area contributed by atoms with Gasteiger partial charge in [0.1, 0.15) is 0 Å². The zero-order valence-corrected chi connectivity index (χ0v) is 12.8. The van der Waals surface area contributed by atoms with Crippen LogP contribution in [0.2, 0.25) is 0 Å². The van der Waals surface area contributed by atoms with Crippen molar-refractivity contribution in [1.29, 1.82) is 0 Å². The molecule has 0 spiro atoms. The summed E-state index contributed by atoms with van der Waals surface area (Å²) in [6.45, 7) is 4.65. The van der Waals surface area contributed by atoms with Gasteiger partial charge in [0.05, 0.1) is 19.3 Å². The molecule has 2 rings (SSSR count). The molecule has 0 bridgehead atoms. The summed E-state index contributed by atoms with van der Waals surface area (Å²) in [7, 11) is 0. The van der Waals surface area contributed by atoms with Crippen LogP contribution in [0, 0.1) is 0 Å². The molecule has 21 heavy (non-hydrogen) atoms. The summed E-state index contributed by atoms with van der Waals surface area (Å²) in [4.78, 5) is 27.4. The van der Waals surface area contributed by atoms with Gasteiger partial charge in [-0.15, -0.1) is 0 Å². The number of aliphatic carboxylic acids is 1. The smallest absolute Gasteiger partial charge is 0.320 e. The number of hydrogen-bond acceptors (Lipinski definition) is 3. The lowest BCUT2D eigenvalue weighted by Crippen LogP contribution is -2.56. The molecule has 2 amide bonds. The van der Waals surface area contributed by atoms with E-state index in [1.165, 1.54) is 0 Å². The average Bonchev–Trinajstić information content (AvgIpc) is 2.52. The maximum Gasteiger partial charge on any atom is 0.320 e. The quantitative estimate of drug-likeness (QED) is 0.861. The number of nitrogens with zero attached hydrogens (tertiary/aromatic N) is 2. The fourth-order valence-electron chi connectivity index (χ4n) is 3.25. The minimum atomic E-state index is -0.786. The minimum Gasteiger partial charge on any atom is -0.481 e. The third-order valence-electron chi connectivity index (χ3n) is 4.51. The number of morpholine rings is 1. The van der Waals surface area contributed by atoms with Gasteiger partial charge in [-0.2, -0.15) is 0 Å². The summed E-state index contributed by atoms with van der Waals surface area (Å²) in [5.41, 5.74) is 0. The highest BCUT2D eigenvalue weighted by atomic mass is 16.5. The number of hydrogen-bond donors (Lipinski definition) is 1. The first kappa shape index (κ1) is 16.1. The number of urea groups is 1. The Hall–Kier alpha value is -1.30. The van der Waals surface area contributed by atoms with E-state index in [0.29, 0.717) is 26.2 Å². The molecule has 0 aromatic heterocycles. The van der Waals surface area contributed by atoms with E-state index in [2.05, 4.69) is 6.92 Å². The van der Waals surface area contributed by atoms with Crippen LogP contribution in [0.5, 0.6) is 0 Å². The van der Waals surface area contributed by atoms with Gasteiger partial charge in [-0.25, -0.2) is 4.79 Å². The van der Waals surface area contributed by atoms with Crippen LogP contribution >= 0.6 is 0 Å².